The van der Waals surface area contributed by atoms with E-state index in [1.54, 1.807) is 23.9 Å². The quantitative estimate of drug-likeness (QED) is 0.163. The Morgan fingerprint density at radius 2 is 1.85 bits per heavy atom. The highest BCUT2D eigenvalue weighted by Gasteiger charge is 2.33. The molecule has 6 rings (SSSR count). The molecular weight excluding hydrogens is 563 g/mol. The van der Waals surface area contributed by atoms with E-state index >= 15 is 4.39 Å². The number of ether oxygens (including phenoxy) is 1. The summed E-state index contributed by atoms with van der Waals surface area (Å²) < 4.78 is 34.1. The van der Waals surface area contributed by atoms with E-state index in [4.69, 9.17) is 15.0 Å². The van der Waals surface area contributed by atoms with E-state index in [-0.39, 0.29) is 22.9 Å². The first-order valence-corrected chi connectivity index (χ1v) is 15.1. The average Bonchev–Trinajstić information content (AvgIpc) is 3.57. The number of nitrogens with two attached hydrogens (primary N) is 1. The lowest BCUT2D eigenvalue weighted by Crippen LogP contribution is -2.04. The Balaban J connectivity index is 1.55. The van der Waals surface area contributed by atoms with Gasteiger partial charge in [-0.15, -0.1) is 16.5 Å². The predicted molar refractivity (Wildman–Crippen MR) is 157 cm³/mol. The predicted octanol–water partition coefficient (Wildman–Crippen LogP) is 5.91. The highest BCUT2D eigenvalue weighted by molar-refractivity contribution is 7.82. The van der Waals surface area contributed by atoms with Gasteiger partial charge in [-0.2, -0.15) is 5.10 Å². The summed E-state index contributed by atoms with van der Waals surface area (Å²) in [7, 11) is -0.540. The third-order valence-electron chi connectivity index (χ3n) is 7.07. The molecule has 41 heavy (non-hydrogen) atoms. The number of methoxy groups -OCH3 is 1. The number of benzene rings is 3. The number of thiazole rings is 1. The van der Waals surface area contributed by atoms with Crippen molar-refractivity contribution in [2.75, 3.05) is 7.11 Å². The summed E-state index contributed by atoms with van der Waals surface area (Å²) in [5, 5.41) is 21.9. The van der Waals surface area contributed by atoms with Crippen molar-refractivity contribution in [2.24, 2.45) is 5.14 Å². The highest BCUT2D eigenvalue weighted by Crippen LogP contribution is 2.45. The van der Waals surface area contributed by atoms with Crippen molar-refractivity contribution in [3.63, 3.8) is 0 Å². The molecule has 1 saturated carbocycles. The maximum Gasteiger partial charge on any atom is 0.355 e. The second kappa shape index (κ2) is 11.0. The molecule has 0 bridgehead atoms. The lowest BCUT2D eigenvalue weighted by Gasteiger charge is -2.12. The molecule has 1 unspecified atom stereocenters. The van der Waals surface area contributed by atoms with Crippen LogP contribution >= 0.6 is 11.3 Å². The maximum absolute atomic E-state index is 15.3. The minimum absolute atomic E-state index is 0.0661. The monoisotopic (exact) mass is 589 g/mol. The lowest BCUT2D eigenvalue weighted by atomic mass is 9.95. The third kappa shape index (κ3) is 5.43. The van der Waals surface area contributed by atoms with Crippen molar-refractivity contribution >= 4 is 28.3 Å². The zero-order valence-electron chi connectivity index (χ0n) is 22.0. The summed E-state index contributed by atoms with van der Waals surface area (Å²) in [5.74, 6) is -0.670. The molecule has 0 spiro atoms. The molecule has 5 aromatic rings. The number of carboxylic acid groups (broad SMARTS) is 1. The van der Waals surface area contributed by atoms with Gasteiger partial charge in [0, 0.05) is 34.9 Å². The lowest BCUT2D eigenvalue weighted by molar-refractivity contribution is 0.0691. The van der Waals surface area contributed by atoms with E-state index in [9.17, 15) is 14.1 Å². The second-order valence-electron chi connectivity index (χ2n) is 9.81. The van der Waals surface area contributed by atoms with E-state index in [0.29, 0.717) is 10.7 Å². The summed E-state index contributed by atoms with van der Waals surface area (Å²) in [6, 6.07) is 20.1. The maximum atomic E-state index is 15.3. The Kier molecular flexibility index (Phi) is 7.24. The number of thiol groups is 1. The van der Waals surface area contributed by atoms with Gasteiger partial charge in [-0.1, -0.05) is 40.6 Å². The Hall–Kier alpha value is -4.19. The Bertz CT molecular complexity index is 1810. The van der Waals surface area contributed by atoms with Crippen LogP contribution < -0.4 is 9.88 Å². The molecule has 1 aliphatic carbocycles. The molecule has 2 aromatic heterocycles. The number of hydrogen-bond donors (Lipinski definition) is 2. The molecule has 11 heteroatoms. The Morgan fingerprint density at radius 3 is 2.51 bits per heavy atom. The van der Waals surface area contributed by atoms with Crippen LogP contribution in [0.4, 0.5) is 4.39 Å². The van der Waals surface area contributed by atoms with Crippen molar-refractivity contribution in [3.8, 4) is 33.3 Å². The van der Waals surface area contributed by atoms with Crippen molar-refractivity contribution < 1.29 is 23.2 Å². The van der Waals surface area contributed by atoms with Gasteiger partial charge in [0.05, 0.1) is 18.5 Å². The first-order chi connectivity index (χ1) is 19.8. The summed E-state index contributed by atoms with van der Waals surface area (Å²) in [5.41, 5.74) is 5.48. The minimum atomic E-state index is -2.16. The molecule has 0 aliphatic heterocycles. The molecular formula is C30H26FN4O4S2+. The van der Waals surface area contributed by atoms with Crippen LogP contribution in [0.25, 0.3) is 27.5 Å². The summed E-state index contributed by atoms with van der Waals surface area (Å²) >= 11 is 1.19. The van der Waals surface area contributed by atoms with Crippen LogP contribution in [-0.2, 0) is 21.6 Å². The van der Waals surface area contributed by atoms with E-state index < -0.39 is 22.8 Å². The standard InChI is InChI=1S/C30H25FN4O4S2/c1-39-22-7-3-5-19(13-22)18-4-2-6-21(12-18)28-24(14-20-10-11-23(41(32)38)15-25(20)31)27(17-8-9-17)34-35(28)30-33-26(16-40-30)29(36)37/h2-7,10-13,15-17H,8-9,14H2,1H3,(H2,32,38)(H,36,37)/p+1. The van der Waals surface area contributed by atoms with Gasteiger partial charge >= 0.3 is 5.97 Å². The topological polar surface area (TPSA) is 120 Å². The first-order valence-electron chi connectivity index (χ1n) is 12.9. The number of aromatic carboxylic acids is 1. The fourth-order valence-electron chi connectivity index (χ4n) is 4.88. The zero-order valence-corrected chi connectivity index (χ0v) is 23.7. The SMILES string of the molecule is COc1cccc(-c2cccc(-c3c(Cc4ccc([SH+](N)=O)cc4F)c(C4CC4)nn3-c3nc(C(=O)O)cs3)c2)c1. The van der Waals surface area contributed by atoms with Gasteiger partial charge in [-0.3, -0.25) is 0 Å². The molecule has 0 saturated heterocycles. The van der Waals surface area contributed by atoms with Gasteiger partial charge in [0.25, 0.3) is 0 Å². The van der Waals surface area contributed by atoms with Crippen LogP contribution in [-0.4, -0.2) is 33.0 Å². The molecule has 1 atom stereocenters. The average molecular weight is 590 g/mol. The molecule has 2 heterocycles. The van der Waals surface area contributed by atoms with Gasteiger partial charge in [-0.05, 0) is 53.8 Å². The molecule has 0 radical (unpaired) electrons. The summed E-state index contributed by atoms with van der Waals surface area (Å²) in [6.07, 6.45) is 2.15. The van der Waals surface area contributed by atoms with Gasteiger partial charge < -0.3 is 9.84 Å². The molecule has 208 valence electrons. The number of halogens is 1. The van der Waals surface area contributed by atoms with Crippen molar-refractivity contribution in [1.82, 2.24) is 14.8 Å². The zero-order chi connectivity index (χ0) is 28.7. The molecule has 1 aliphatic rings. The minimum Gasteiger partial charge on any atom is -0.497 e. The fourth-order valence-corrected chi connectivity index (χ4v) is 6.09. The van der Waals surface area contributed by atoms with Crippen LogP contribution in [0.3, 0.4) is 0 Å². The number of nitrogens with zero attached hydrogens (tertiary/aromatic N) is 3. The fraction of sp³-hybridized carbons (Fsp3) is 0.167. The van der Waals surface area contributed by atoms with Crippen LogP contribution in [0.1, 0.15) is 46.1 Å². The number of carbonyl (C=O) groups is 1. The van der Waals surface area contributed by atoms with E-state index in [1.807, 2.05) is 48.5 Å². The number of rotatable bonds is 9. The van der Waals surface area contributed by atoms with Gasteiger partial charge in [-0.25, -0.2) is 18.9 Å². The number of carboxylic acids is 1. The normalized spacial score (nSPS) is 13.7. The molecule has 0 amide bonds. The van der Waals surface area contributed by atoms with Gasteiger partial charge in [0.1, 0.15) is 11.6 Å². The van der Waals surface area contributed by atoms with Gasteiger partial charge in [0.15, 0.2) is 21.6 Å². The smallest absolute Gasteiger partial charge is 0.355 e. The highest BCUT2D eigenvalue weighted by atomic mass is 32.2. The first kappa shape index (κ1) is 27.0. The summed E-state index contributed by atoms with van der Waals surface area (Å²) in [6.45, 7) is 0. The molecule has 1 fully saturated rings. The van der Waals surface area contributed by atoms with Crippen LogP contribution in [0.15, 0.2) is 77.0 Å². The molecule has 3 aromatic carbocycles. The van der Waals surface area contributed by atoms with Crippen LogP contribution in [0.5, 0.6) is 5.75 Å². The number of aromatic nitrogens is 3. The molecule has 8 nitrogen and oxygen atoms in total. The van der Waals surface area contributed by atoms with E-state index in [0.717, 1.165) is 52.2 Å². The number of hydrogen-bond acceptors (Lipinski definition) is 6. The Labute approximate surface area is 241 Å². The van der Waals surface area contributed by atoms with E-state index in [1.165, 1.54) is 22.8 Å². The van der Waals surface area contributed by atoms with E-state index in [2.05, 4.69) is 4.98 Å². The van der Waals surface area contributed by atoms with Crippen molar-refractivity contribution in [3.05, 3.63) is 100 Å². The van der Waals surface area contributed by atoms with Crippen molar-refractivity contribution in [1.29, 1.82) is 0 Å². The van der Waals surface area contributed by atoms with Crippen LogP contribution in [0, 0.1) is 5.82 Å². The second-order valence-corrected chi connectivity index (χ2v) is 11.8. The summed E-state index contributed by atoms with van der Waals surface area (Å²) in [4.78, 5) is 16.2. The van der Waals surface area contributed by atoms with Gasteiger partial charge in [0.2, 0.25) is 5.13 Å². The van der Waals surface area contributed by atoms with Crippen molar-refractivity contribution in [2.45, 2.75) is 30.1 Å². The third-order valence-corrected chi connectivity index (χ3v) is 8.67. The Morgan fingerprint density at radius 1 is 1.12 bits per heavy atom. The largest absolute Gasteiger partial charge is 0.497 e. The van der Waals surface area contributed by atoms with Crippen LogP contribution in [0.2, 0.25) is 0 Å². The molecule has 3 N–H and O–H groups in total.